The number of nitrogens with one attached hydrogen (secondary N) is 3. The molecule has 6 rings (SSSR count). The van der Waals surface area contributed by atoms with E-state index in [0.29, 0.717) is 61.0 Å². The van der Waals surface area contributed by atoms with Crippen LogP contribution in [0.25, 0.3) is 0 Å². The average molecular weight is 503 g/mol. The first kappa shape index (κ1) is 22.8. The molecule has 0 radical (unpaired) electrons. The highest BCUT2D eigenvalue weighted by Crippen LogP contribution is 2.54. The summed E-state index contributed by atoms with van der Waals surface area (Å²) in [7, 11) is 0. The number of amides is 2. The Labute approximate surface area is 204 Å². The van der Waals surface area contributed by atoms with Crippen LogP contribution in [0.5, 0.6) is 5.75 Å². The number of halogens is 3. The van der Waals surface area contributed by atoms with Gasteiger partial charge in [-0.2, -0.15) is 0 Å². The molecule has 2 amide bonds. The van der Waals surface area contributed by atoms with E-state index >= 15 is 0 Å². The smallest absolute Gasteiger partial charge is 0.445 e. The molecule has 3 heterocycles. The maximum atomic E-state index is 13.1. The molecule has 190 valence electrons. The molecule has 36 heavy (non-hydrogen) atoms. The molecule has 12 heteroatoms. The largest absolute Gasteiger partial charge is 0.573 e. The summed E-state index contributed by atoms with van der Waals surface area (Å²) in [5, 5.41) is 0. The minimum absolute atomic E-state index is 0.0156. The maximum Gasteiger partial charge on any atom is 0.573 e. The fourth-order valence-electron chi connectivity index (χ4n) is 5.95. The number of anilines is 2. The van der Waals surface area contributed by atoms with Crippen molar-refractivity contribution in [3.63, 3.8) is 0 Å². The van der Waals surface area contributed by atoms with Crippen molar-refractivity contribution in [2.75, 3.05) is 37.0 Å². The van der Waals surface area contributed by atoms with E-state index in [4.69, 9.17) is 4.74 Å². The van der Waals surface area contributed by atoms with Crippen LogP contribution in [0.3, 0.4) is 0 Å². The summed E-state index contributed by atoms with van der Waals surface area (Å²) < 4.78 is 46.1. The molecule has 0 unspecified atom stereocenters. The number of rotatable bonds is 4. The first-order valence-electron chi connectivity index (χ1n) is 11.7. The highest BCUT2D eigenvalue weighted by molar-refractivity contribution is 5.96. The zero-order valence-electron chi connectivity index (χ0n) is 19.0. The number of nitrogens with zero attached hydrogens (tertiary/aromatic N) is 2. The Bertz CT molecular complexity index is 1170. The van der Waals surface area contributed by atoms with Crippen LogP contribution in [0.15, 0.2) is 42.5 Å². The fourth-order valence-corrected chi connectivity index (χ4v) is 5.95. The van der Waals surface area contributed by atoms with Crippen LogP contribution in [-0.2, 0) is 11.3 Å². The SMILES string of the molecule is O=C(OCc1ccc(OC(F)(F)F)cc1)N1C[C@@H]2[C@H](C1)[C@H]1CN(C(=O)c3ccc4c(c3)NNN4)C[C@@H]21. The zero-order chi connectivity index (χ0) is 25.0. The predicted octanol–water partition coefficient (Wildman–Crippen LogP) is 3.43. The van der Waals surface area contributed by atoms with E-state index in [-0.39, 0.29) is 18.3 Å². The lowest BCUT2D eigenvalue weighted by Gasteiger charge is -2.42. The first-order valence-corrected chi connectivity index (χ1v) is 11.7. The molecule has 4 aliphatic rings. The Morgan fingerprint density at radius 3 is 2.11 bits per heavy atom. The van der Waals surface area contributed by atoms with Crippen molar-refractivity contribution in [2.24, 2.45) is 23.7 Å². The normalized spacial score (nSPS) is 25.8. The van der Waals surface area contributed by atoms with Gasteiger partial charge >= 0.3 is 12.5 Å². The van der Waals surface area contributed by atoms with Crippen LogP contribution in [0.1, 0.15) is 15.9 Å². The van der Waals surface area contributed by atoms with Gasteiger partial charge in [-0.3, -0.25) is 4.79 Å². The standard InChI is InChI=1S/C24H24F3N5O4/c25-24(26,27)36-15-4-1-13(2-5-15)12-35-23(34)32-10-18-16-8-31(9-17(16)19(18)11-32)22(33)14-3-6-20-21(7-14)29-30-28-20/h1-7,16-19,28-30H,8-12H2/t16-,17+,18+,19-. The Morgan fingerprint density at radius 1 is 0.861 bits per heavy atom. The van der Waals surface area contributed by atoms with Crippen LogP contribution in [-0.4, -0.2) is 54.3 Å². The molecule has 3 N–H and O–H groups in total. The minimum atomic E-state index is -4.75. The van der Waals surface area contributed by atoms with Crippen molar-refractivity contribution in [1.82, 2.24) is 15.3 Å². The number of hydrogen-bond donors (Lipinski definition) is 3. The van der Waals surface area contributed by atoms with Gasteiger partial charge < -0.3 is 30.1 Å². The molecular formula is C24H24F3N5O4. The number of ether oxygens (including phenoxy) is 2. The van der Waals surface area contributed by atoms with E-state index in [1.54, 1.807) is 4.90 Å². The second-order valence-electron chi connectivity index (χ2n) is 9.65. The van der Waals surface area contributed by atoms with Crippen LogP contribution in [0.2, 0.25) is 0 Å². The van der Waals surface area contributed by atoms with Gasteiger partial charge in [-0.1, -0.05) is 12.1 Å². The molecule has 1 saturated carbocycles. The molecule has 3 fully saturated rings. The summed E-state index contributed by atoms with van der Waals surface area (Å²) in [6.45, 7) is 2.50. The Kier molecular flexibility index (Phi) is 5.36. The molecule has 2 aromatic carbocycles. The van der Waals surface area contributed by atoms with Crippen molar-refractivity contribution in [1.29, 1.82) is 0 Å². The second-order valence-corrected chi connectivity index (χ2v) is 9.65. The lowest BCUT2D eigenvalue weighted by molar-refractivity contribution is -0.274. The molecule has 2 saturated heterocycles. The molecule has 1 aliphatic carbocycles. The molecular weight excluding hydrogens is 479 g/mol. The number of alkyl halides is 3. The van der Waals surface area contributed by atoms with E-state index in [2.05, 4.69) is 21.1 Å². The van der Waals surface area contributed by atoms with Gasteiger partial charge in [0.2, 0.25) is 0 Å². The lowest BCUT2D eigenvalue weighted by Crippen LogP contribution is -2.44. The third-order valence-electron chi connectivity index (χ3n) is 7.65. The van der Waals surface area contributed by atoms with Crippen molar-refractivity contribution in [2.45, 2.75) is 13.0 Å². The number of likely N-dealkylation sites (tertiary alicyclic amines) is 2. The number of benzene rings is 2. The zero-order valence-corrected chi connectivity index (χ0v) is 19.0. The van der Waals surface area contributed by atoms with Crippen LogP contribution in [0, 0.1) is 23.7 Å². The summed E-state index contributed by atoms with van der Waals surface area (Å²) in [5.74, 6) is 1.11. The van der Waals surface area contributed by atoms with Crippen molar-refractivity contribution >= 4 is 23.4 Å². The number of carbonyl (C=O) groups excluding carboxylic acids is 2. The van der Waals surface area contributed by atoms with Gasteiger partial charge in [0.1, 0.15) is 12.4 Å². The van der Waals surface area contributed by atoms with Crippen molar-refractivity contribution in [3.8, 4) is 5.75 Å². The maximum absolute atomic E-state index is 13.1. The Hall–Kier alpha value is -3.67. The highest BCUT2D eigenvalue weighted by atomic mass is 19.4. The van der Waals surface area contributed by atoms with Gasteiger partial charge in [-0.15, -0.1) is 18.7 Å². The molecule has 3 aliphatic heterocycles. The monoisotopic (exact) mass is 503 g/mol. The highest BCUT2D eigenvalue weighted by Gasteiger charge is 2.59. The average Bonchev–Trinajstić information content (AvgIpc) is 3.56. The van der Waals surface area contributed by atoms with Gasteiger partial charge in [0.05, 0.1) is 11.4 Å². The number of carbonyl (C=O) groups is 2. The quantitative estimate of drug-likeness (QED) is 0.589. The summed E-state index contributed by atoms with van der Waals surface area (Å²) in [6.07, 6.45) is -5.18. The van der Waals surface area contributed by atoms with Crippen LogP contribution < -0.4 is 21.1 Å². The van der Waals surface area contributed by atoms with Gasteiger partial charge in [0.15, 0.2) is 0 Å². The molecule has 2 aromatic rings. The third kappa shape index (κ3) is 4.15. The molecule has 9 nitrogen and oxygen atoms in total. The van der Waals surface area contributed by atoms with Gasteiger partial charge in [-0.05, 0) is 59.6 Å². The fraction of sp³-hybridized carbons (Fsp3) is 0.417. The van der Waals surface area contributed by atoms with Gasteiger partial charge in [0, 0.05) is 31.7 Å². The summed E-state index contributed by atoms with van der Waals surface area (Å²) in [6, 6.07) is 10.8. The predicted molar refractivity (Wildman–Crippen MR) is 122 cm³/mol. The van der Waals surface area contributed by atoms with Crippen LogP contribution >= 0.6 is 0 Å². The van der Waals surface area contributed by atoms with E-state index in [9.17, 15) is 22.8 Å². The van der Waals surface area contributed by atoms with Crippen molar-refractivity contribution in [3.05, 3.63) is 53.6 Å². The first-order chi connectivity index (χ1) is 17.2. The van der Waals surface area contributed by atoms with Crippen LogP contribution in [0.4, 0.5) is 29.3 Å². The lowest BCUT2D eigenvalue weighted by atomic mass is 9.60. The van der Waals surface area contributed by atoms with Crippen molar-refractivity contribution < 1.29 is 32.2 Å². The minimum Gasteiger partial charge on any atom is -0.445 e. The summed E-state index contributed by atoms with van der Waals surface area (Å²) in [5.41, 5.74) is 11.7. The summed E-state index contributed by atoms with van der Waals surface area (Å²) in [4.78, 5) is 29.3. The van der Waals surface area contributed by atoms with Gasteiger partial charge in [0.25, 0.3) is 5.91 Å². The number of hydrogen-bond acceptors (Lipinski definition) is 7. The van der Waals surface area contributed by atoms with Gasteiger partial charge in [-0.25, -0.2) is 4.79 Å². The number of fused-ring (bicyclic) bond motifs is 5. The Morgan fingerprint density at radius 2 is 1.47 bits per heavy atom. The van der Waals surface area contributed by atoms with E-state index in [1.165, 1.54) is 24.3 Å². The Balaban J connectivity index is 0.997. The third-order valence-corrected chi connectivity index (χ3v) is 7.65. The molecule has 4 atom stereocenters. The van der Waals surface area contributed by atoms with E-state index < -0.39 is 12.5 Å². The second kappa shape index (κ2) is 8.47. The van der Waals surface area contributed by atoms with E-state index in [0.717, 1.165) is 11.4 Å². The van der Waals surface area contributed by atoms with E-state index in [1.807, 2.05) is 23.1 Å². The molecule has 0 aromatic heterocycles. The molecule has 0 bridgehead atoms. The topological polar surface area (TPSA) is 95.2 Å². The number of hydrazine groups is 2. The molecule has 0 spiro atoms. The summed E-state index contributed by atoms with van der Waals surface area (Å²) >= 11 is 0.